The smallest absolute Gasteiger partial charge is 0.241 e. The Morgan fingerprint density at radius 2 is 1.76 bits per heavy atom. The van der Waals surface area contributed by atoms with Crippen molar-refractivity contribution in [2.24, 2.45) is 10.9 Å². The Kier molecular flexibility index (Phi) is 5.40. The maximum Gasteiger partial charge on any atom is 0.241 e. The van der Waals surface area contributed by atoms with E-state index in [0.717, 1.165) is 48.0 Å². The predicted molar refractivity (Wildman–Crippen MR) is 140 cm³/mol. The number of nitriles is 1. The molecular weight excluding hydrogens is 438 g/mol. The monoisotopic (exact) mass is 472 g/mol. The predicted octanol–water partition coefficient (Wildman–Crippen LogP) is 6.75. The number of rotatable bonds is 7. The maximum absolute atomic E-state index is 10.3. The van der Waals surface area contributed by atoms with Crippen LogP contribution in [0.5, 0.6) is 0 Å². The lowest BCUT2D eigenvalue weighted by Crippen LogP contribution is -2.63. The van der Waals surface area contributed by atoms with E-state index >= 15 is 0 Å². The van der Waals surface area contributed by atoms with Crippen molar-refractivity contribution in [2.45, 2.75) is 73.3 Å². The van der Waals surface area contributed by atoms with Gasteiger partial charge in [0.1, 0.15) is 5.69 Å². The lowest BCUT2D eigenvalue weighted by molar-refractivity contribution is -0.0382. The van der Waals surface area contributed by atoms with Crippen molar-refractivity contribution in [3.63, 3.8) is 0 Å². The number of aliphatic imine (C=N–C) groups is 1. The molecule has 4 nitrogen and oxygen atoms in total. The highest BCUT2D eigenvalue weighted by Gasteiger charge is 2.61. The molecule has 0 amide bonds. The number of thioether (sulfide) groups is 1. The Bertz CT molecular complexity index is 1150. The van der Waals surface area contributed by atoms with Gasteiger partial charge in [-0.2, -0.15) is 10.3 Å². The molecule has 4 aliphatic rings. The first-order chi connectivity index (χ1) is 16.5. The largest absolute Gasteiger partial charge is 0.362 e. The van der Waals surface area contributed by atoms with Crippen molar-refractivity contribution >= 4 is 29.0 Å². The molecular formula is C29H34N3OS+. The SMILES string of the molecule is CSc1cccc2c1N=C([C@]1(OCC3CC3)CC[C@@](C#N)(c3ccccc3)CC1)[N+]2(C)C1CC1. The lowest BCUT2D eigenvalue weighted by atomic mass is 9.65. The molecule has 0 bridgehead atoms. The van der Waals surface area contributed by atoms with Crippen LogP contribution >= 0.6 is 11.8 Å². The van der Waals surface area contributed by atoms with Crippen LogP contribution in [-0.4, -0.2) is 37.4 Å². The summed E-state index contributed by atoms with van der Waals surface area (Å²) in [5.41, 5.74) is 2.79. The summed E-state index contributed by atoms with van der Waals surface area (Å²) in [7, 11) is 2.37. The first-order valence-corrected chi connectivity index (χ1v) is 14.0. The molecule has 1 aliphatic heterocycles. The quantitative estimate of drug-likeness (QED) is 0.331. The lowest BCUT2D eigenvalue weighted by Gasteiger charge is -2.46. The van der Waals surface area contributed by atoms with E-state index in [9.17, 15) is 5.26 Å². The summed E-state index contributed by atoms with van der Waals surface area (Å²) in [5, 5.41) is 10.3. The number of para-hydroxylation sites is 1. The van der Waals surface area contributed by atoms with Crippen LogP contribution in [0.15, 0.2) is 58.4 Å². The van der Waals surface area contributed by atoms with E-state index in [0.29, 0.717) is 12.0 Å². The number of fused-ring (bicyclic) bond motifs is 1. The van der Waals surface area contributed by atoms with Gasteiger partial charge in [0.2, 0.25) is 5.84 Å². The summed E-state index contributed by atoms with van der Waals surface area (Å²) < 4.78 is 7.76. The molecule has 2 aromatic carbocycles. The Labute approximate surface area is 207 Å². The molecule has 1 unspecified atom stereocenters. The number of hydrogen-bond acceptors (Lipinski definition) is 4. The fourth-order valence-electron chi connectivity index (χ4n) is 6.27. The van der Waals surface area contributed by atoms with E-state index < -0.39 is 11.0 Å². The van der Waals surface area contributed by atoms with Crippen molar-refractivity contribution in [1.82, 2.24) is 4.48 Å². The van der Waals surface area contributed by atoms with Crippen molar-refractivity contribution in [2.75, 3.05) is 19.9 Å². The molecule has 0 N–H and O–H groups in total. The summed E-state index contributed by atoms with van der Waals surface area (Å²) in [6, 6.07) is 20.4. The van der Waals surface area contributed by atoms with Crippen LogP contribution in [0.2, 0.25) is 0 Å². The summed E-state index contributed by atoms with van der Waals surface area (Å²) in [5.74, 6) is 1.89. The average Bonchev–Trinajstić information content (AvgIpc) is 3.81. The standard InChI is InChI=1S/C29H34N3OS/c1-32(23-13-14-23)24-9-6-10-25(34-2)26(24)31-27(32)29(33-19-21-11-12-21)17-15-28(20-30,16-18-29)22-7-4-3-5-8-22/h3-10,21,23H,11-19H2,1-2H3/q+1/t28-,29+,32?. The third kappa shape index (κ3) is 3.46. The molecule has 34 heavy (non-hydrogen) atoms. The molecule has 0 aromatic heterocycles. The minimum Gasteiger partial charge on any atom is -0.362 e. The minimum atomic E-state index is -0.437. The number of hydrogen-bond donors (Lipinski definition) is 0. The normalized spacial score (nSPS) is 32.7. The first kappa shape index (κ1) is 22.3. The van der Waals surface area contributed by atoms with E-state index in [2.05, 4.69) is 61.8 Å². The third-order valence-corrected chi connectivity index (χ3v) is 9.55. The number of ether oxygens (including phenoxy) is 1. The van der Waals surface area contributed by atoms with E-state index in [1.807, 2.05) is 6.07 Å². The van der Waals surface area contributed by atoms with Gasteiger partial charge in [-0.25, -0.2) is 4.48 Å². The Morgan fingerprint density at radius 1 is 1.03 bits per heavy atom. The molecule has 5 heteroatoms. The fourth-order valence-corrected chi connectivity index (χ4v) is 6.83. The minimum absolute atomic E-state index is 0.399. The molecule has 3 saturated carbocycles. The van der Waals surface area contributed by atoms with Crippen molar-refractivity contribution in [3.8, 4) is 6.07 Å². The van der Waals surface area contributed by atoms with Crippen LogP contribution in [0, 0.1) is 17.2 Å². The van der Waals surface area contributed by atoms with Gasteiger partial charge in [0, 0.05) is 23.8 Å². The topological polar surface area (TPSA) is 45.4 Å². The number of quaternary nitrogens is 1. The molecule has 176 valence electrons. The Morgan fingerprint density at radius 3 is 2.38 bits per heavy atom. The van der Waals surface area contributed by atoms with Gasteiger partial charge in [-0.15, -0.1) is 11.8 Å². The second kappa shape index (κ2) is 8.22. The van der Waals surface area contributed by atoms with Gasteiger partial charge < -0.3 is 4.74 Å². The molecule has 0 radical (unpaired) electrons. The third-order valence-electron chi connectivity index (χ3n) is 8.78. The zero-order chi connectivity index (χ0) is 23.4. The zero-order valence-electron chi connectivity index (χ0n) is 20.3. The molecule has 3 aliphatic carbocycles. The van der Waals surface area contributed by atoms with Gasteiger partial charge >= 0.3 is 0 Å². The van der Waals surface area contributed by atoms with Gasteiger partial charge in [0.25, 0.3) is 0 Å². The van der Waals surface area contributed by atoms with E-state index in [-0.39, 0.29) is 0 Å². The summed E-state index contributed by atoms with van der Waals surface area (Å²) in [6.07, 6.45) is 10.5. The zero-order valence-corrected chi connectivity index (χ0v) is 21.1. The molecule has 1 atom stereocenters. The molecule has 1 heterocycles. The average molecular weight is 473 g/mol. The Hall–Kier alpha value is -2.13. The molecule has 0 spiro atoms. The molecule has 6 rings (SSSR count). The van der Waals surface area contributed by atoms with Crippen LogP contribution in [0.1, 0.15) is 56.9 Å². The van der Waals surface area contributed by atoms with Gasteiger partial charge in [0.15, 0.2) is 11.3 Å². The second-order valence-corrected chi connectivity index (χ2v) is 11.7. The van der Waals surface area contributed by atoms with Gasteiger partial charge in [0.05, 0.1) is 31.2 Å². The number of likely N-dealkylation sites (N-methyl/N-ethyl adjacent to an activating group) is 1. The summed E-state index contributed by atoms with van der Waals surface area (Å²) in [4.78, 5) is 6.69. The summed E-state index contributed by atoms with van der Waals surface area (Å²) >= 11 is 1.78. The molecule has 2 aromatic rings. The maximum atomic E-state index is 10.3. The highest BCUT2D eigenvalue weighted by molar-refractivity contribution is 7.98. The fraction of sp³-hybridized carbons (Fsp3) is 0.517. The highest BCUT2D eigenvalue weighted by atomic mass is 32.2. The van der Waals surface area contributed by atoms with Crippen LogP contribution in [-0.2, 0) is 10.2 Å². The highest BCUT2D eigenvalue weighted by Crippen LogP contribution is 2.55. The Balaban J connectivity index is 1.41. The van der Waals surface area contributed by atoms with Crippen LogP contribution in [0.3, 0.4) is 0 Å². The van der Waals surface area contributed by atoms with E-state index in [1.54, 1.807) is 11.8 Å². The van der Waals surface area contributed by atoms with Crippen LogP contribution < -0.4 is 4.48 Å². The van der Waals surface area contributed by atoms with Crippen molar-refractivity contribution < 1.29 is 4.74 Å². The number of amidine groups is 1. The molecule has 0 saturated heterocycles. The van der Waals surface area contributed by atoms with Crippen LogP contribution in [0.25, 0.3) is 0 Å². The van der Waals surface area contributed by atoms with Gasteiger partial charge in [-0.1, -0.05) is 36.4 Å². The second-order valence-electron chi connectivity index (χ2n) is 10.9. The van der Waals surface area contributed by atoms with E-state index in [4.69, 9.17) is 9.73 Å². The van der Waals surface area contributed by atoms with Gasteiger partial charge in [-0.3, -0.25) is 0 Å². The van der Waals surface area contributed by atoms with E-state index in [1.165, 1.54) is 42.1 Å². The first-order valence-electron chi connectivity index (χ1n) is 12.8. The van der Waals surface area contributed by atoms with Crippen molar-refractivity contribution in [1.29, 1.82) is 5.26 Å². The summed E-state index contributed by atoms with van der Waals surface area (Å²) in [6.45, 7) is 0.820. The number of benzene rings is 2. The number of nitrogens with zero attached hydrogens (tertiary/aromatic N) is 3. The van der Waals surface area contributed by atoms with Gasteiger partial charge in [-0.05, 0) is 62.3 Å². The van der Waals surface area contributed by atoms with Crippen molar-refractivity contribution in [3.05, 3.63) is 54.1 Å². The molecule has 3 fully saturated rings. The van der Waals surface area contributed by atoms with Crippen LogP contribution in [0.4, 0.5) is 11.4 Å².